The molecule has 1 saturated heterocycles. The number of piperidine rings is 1. The first-order valence-corrected chi connectivity index (χ1v) is 6.96. The normalized spacial score (nSPS) is 17.2. The molecule has 0 aromatic carbocycles. The van der Waals surface area contributed by atoms with Gasteiger partial charge in [0.2, 0.25) is 0 Å². The van der Waals surface area contributed by atoms with Gasteiger partial charge in [-0.2, -0.15) is 0 Å². The zero-order valence-corrected chi connectivity index (χ0v) is 11.9. The number of nitrogens with one attached hydrogen (secondary N) is 1. The average molecular weight is 271 g/mol. The van der Waals surface area contributed by atoms with Crippen LogP contribution in [0, 0.1) is 5.92 Å². The van der Waals surface area contributed by atoms with Gasteiger partial charge in [0, 0.05) is 19.6 Å². The van der Waals surface area contributed by atoms with Crippen LogP contribution in [0.2, 0.25) is 0 Å². The number of amides is 2. The molecule has 1 heterocycles. The van der Waals surface area contributed by atoms with Crippen molar-refractivity contribution in [1.29, 1.82) is 0 Å². The van der Waals surface area contributed by atoms with Crippen molar-refractivity contribution < 1.29 is 14.7 Å². The van der Waals surface area contributed by atoms with E-state index in [4.69, 9.17) is 5.11 Å². The molecule has 0 aromatic heterocycles. The van der Waals surface area contributed by atoms with E-state index in [1.807, 2.05) is 6.92 Å². The highest BCUT2D eigenvalue weighted by Gasteiger charge is 2.19. The standard InChI is InChI=1S/C13H25N3O3/c1-3-16(9-6-12(17)18)13(19)14-10-11-4-7-15(2)8-5-11/h11H,3-10H2,1-2H3,(H,14,19)(H,17,18). The quantitative estimate of drug-likeness (QED) is 0.750. The van der Waals surface area contributed by atoms with Gasteiger partial charge in [-0.15, -0.1) is 0 Å². The predicted octanol–water partition coefficient (Wildman–Crippen LogP) is 0.834. The highest BCUT2D eigenvalue weighted by Crippen LogP contribution is 2.14. The zero-order chi connectivity index (χ0) is 14.3. The summed E-state index contributed by atoms with van der Waals surface area (Å²) in [6.45, 7) is 5.51. The third-order valence-corrected chi connectivity index (χ3v) is 3.64. The van der Waals surface area contributed by atoms with E-state index < -0.39 is 5.97 Å². The predicted molar refractivity (Wildman–Crippen MR) is 73.1 cm³/mol. The molecule has 0 aliphatic carbocycles. The minimum atomic E-state index is -0.874. The van der Waals surface area contributed by atoms with E-state index in [1.54, 1.807) is 4.90 Å². The van der Waals surface area contributed by atoms with Crippen molar-refractivity contribution in [2.45, 2.75) is 26.2 Å². The Morgan fingerprint density at radius 1 is 1.37 bits per heavy atom. The lowest BCUT2D eigenvalue weighted by molar-refractivity contribution is -0.137. The van der Waals surface area contributed by atoms with Crippen molar-refractivity contribution >= 4 is 12.0 Å². The minimum absolute atomic E-state index is 0.00448. The largest absolute Gasteiger partial charge is 0.481 e. The summed E-state index contributed by atoms with van der Waals surface area (Å²) in [6, 6.07) is -0.150. The topological polar surface area (TPSA) is 72.9 Å². The molecule has 1 aliphatic heterocycles. The maximum absolute atomic E-state index is 11.9. The number of urea groups is 1. The molecular formula is C13H25N3O3. The van der Waals surface area contributed by atoms with E-state index >= 15 is 0 Å². The van der Waals surface area contributed by atoms with Gasteiger partial charge in [-0.05, 0) is 45.8 Å². The molecule has 2 amide bonds. The summed E-state index contributed by atoms with van der Waals surface area (Å²) in [4.78, 5) is 26.3. The molecule has 0 unspecified atom stereocenters. The van der Waals surface area contributed by atoms with Crippen LogP contribution in [0.3, 0.4) is 0 Å². The zero-order valence-electron chi connectivity index (χ0n) is 11.9. The summed E-state index contributed by atoms with van der Waals surface area (Å²) in [5.41, 5.74) is 0. The third kappa shape index (κ3) is 5.92. The fourth-order valence-electron chi connectivity index (χ4n) is 2.24. The lowest BCUT2D eigenvalue weighted by Gasteiger charge is -2.29. The van der Waals surface area contributed by atoms with Gasteiger partial charge in [0.1, 0.15) is 0 Å². The van der Waals surface area contributed by atoms with Gasteiger partial charge in [-0.1, -0.05) is 0 Å². The van der Waals surface area contributed by atoms with Gasteiger partial charge in [-0.25, -0.2) is 4.79 Å². The number of aliphatic carboxylic acids is 1. The summed E-state index contributed by atoms with van der Waals surface area (Å²) in [5, 5.41) is 11.6. The number of carbonyl (C=O) groups is 2. The molecule has 1 rings (SSSR count). The molecule has 6 heteroatoms. The average Bonchev–Trinajstić information content (AvgIpc) is 2.38. The van der Waals surface area contributed by atoms with Gasteiger partial charge in [0.25, 0.3) is 0 Å². The van der Waals surface area contributed by atoms with Crippen LogP contribution < -0.4 is 5.32 Å². The lowest BCUT2D eigenvalue weighted by Crippen LogP contribution is -2.44. The Labute approximate surface area is 114 Å². The molecule has 1 fully saturated rings. The molecule has 2 N–H and O–H groups in total. The second-order valence-corrected chi connectivity index (χ2v) is 5.16. The van der Waals surface area contributed by atoms with E-state index in [2.05, 4.69) is 17.3 Å². The summed E-state index contributed by atoms with van der Waals surface area (Å²) in [7, 11) is 2.11. The van der Waals surface area contributed by atoms with Gasteiger partial charge < -0.3 is 20.2 Å². The van der Waals surface area contributed by atoms with Crippen LogP contribution in [-0.2, 0) is 4.79 Å². The molecule has 0 atom stereocenters. The second-order valence-electron chi connectivity index (χ2n) is 5.16. The van der Waals surface area contributed by atoms with Crippen LogP contribution >= 0.6 is 0 Å². The number of carboxylic acid groups (broad SMARTS) is 1. The molecule has 6 nitrogen and oxygen atoms in total. The molecule has 0 radical (unpaired) electrons. The number of rotatable bonds is 6. The van der Waals surface area contributed by atoms with E-state index in [1.165, 1.54) is 0 Å². The number of likely N-dealkylation sites (tertiary alicyclic amines) is 1. The number of hydrogen-bond acceptors (Lipinski definition) is 3. The molecular weight excluding hydrogens is 246 g/mol. The number of hydrogen-bond donors (Lipinski definition) is 2. The highest BCUT2D eigenvalue weighted by atomic mass is 16.4. The molecule has 0 saturated carbocycles. The Morgan fingerprint density at radius 2 is 2.00 bits per heavy atom. The van der Waals surface area contributed by atoms with Crippen molar-refractivity contribution in [2.24, 2.45) is 5.92 Å². The van der Waals surface area contributed by atoms with Crippen LogP contribution in [0.25, 0.3) is 0 Å². The number of nitrogens with zero attached hydrogens (tertiary/aromatic N) is 2. The molecule has 0 spiro atoms. The van der Waals surface area contributed by atoms with Crippen molar-refractivity contribution in [1.82, 2.24) is 15.1 Å². The smallest absolute Gasteiger partial charge is 0.317 e. The van der Waals surface area contributed by atoms with Gasteiger partial charge in [0.05, 0.1) is 6.42 Å². The summed E-state index contributed by atoms with van der Waals surface area (Å²) in [6.07, 6.45) is 2.21. The monoisotopic (exact) mass is 271 g/mol. The van der Waals surface area contributed by atoms with Crippen molar-refractivity contribution in [3.05, 3.63) is 0 Å². The molecule has 0 bridgehead atoms. The Balaban J connectivity index is 2.26. The molecule has 1 aliphatic rings. The number of carbonyl (C=O) groups excluding carboxylic acids is 1. The SMILES string of the molecule is CCN(CCC(=O)O)C(=O)NCC1CCN(C)CC1. The summed E-state index contributed by atoms with van der Waals surface area (Å²) < 4.78 is 0. The Morgan fingerprint density at radius 3 is 2.53 bits per heavy atom. The van der Waals surface area contributed by atoms with Gasteiger partial charge >= 0.3 is 12.0 Å². The van der Waals surface area contributed by atoms with Crippen LogP contribution in [0.15, 0.2) is 0 Å². The Hall–Kier alpha value is -1.30. The van der Waals surface area contributed by atoms with Gasteiger partial charge in [-0.3, -0.25) is 4.79 Å². The van der Waals surface area contributed by atoms with E-state index in [9.17, 15) is 9.59 Å². The summed E-state index contributed by atoms with van der Waals surface area (Å²) >= 11 is 0. The van der Waals surface area contributed by atoms with E-state index in [-0.39, 0.29) is 19.0 Å². The molecule has 110 valence electrons. The fraction of sp³-hybridized carbons (Fsp3) is 0.846. The fourth-order valence-corrected chi connectivity index (χ4v) is 2.24. The van der Waals surface area contributed by atoms with Crippen LogP contribution in [0.5, 0.6) is 0 Å². The highest BCUT2D eigenvalue weighted by molar-refractivity contribution is 5.75. The number of carboxylic acids is 1. The molecule has 0 aromatic rings. The lowest BCUT2D eigenvalue weighted by atomic mass is 9.97. The first kappa shape index (κ1) is 15.8. The first-order valence-electron chi connectivity index (χ1n) is 6.96. The molecule has 19 heavy (non-hydrogen) atoms. The Kier molecular flexibility index (Phi) is 6.62. The third-order valence-electron chi connectivity index (χ3n) is 3.64. The Bertz CT molecular complexity index is 302. The van der Waals surface area contributed by atoms with Crippen molar-refractivity contribution in [3.63, 3.8) is 0 Å². The van der Waals surface area contributed by atoms with Crippen LogP contribution in [-0.4, -0.2) is 66.7 Å². The van der Waals surface area contributed by atoms with Crippen molar-refractivity contribution in [2.75, 3.05) is 39.8 Å². The van der Waals surface area contributed by atoms with E-state index in [0.29, 0.717) is 19.0 Å². The van der Waals surface area contributed by atoms with Crippen LogP contribution in [0.4, 0.5) is 4.79 Å². The van der Waals surface area contributed by atoms with Gasteiger partial charge in [0.15, 0.2) is 0 Å². The first-order chi connectivity index (χ1) is 9.02. The van der Waals surface area contributed by atoms with Crippen molar-refractivity contribution in [3.8, 4) is 0 Å². The van der Waals surface area contributed by atoms with E-state index in [0.717, 1.165) is 25.9 Å². The minimum Gasteiger partial charge on any atom is -0.481 e. The maximum atomic E-state index is 11.9. The van der Waals surface area contributed by atoms with Crippen LogP contribution in [0.1, 0.15) is 26.2 Å². The summed E-state index contributed by atoms with van der Waals surface area (Å²) in [5.74, 6) is -0.333. The maximum Gasteiger partial charge on any atom is 0.317 e. The second kappa shape index (κ2) is 7.99.